The number of aromatic nitrogens is 2. The molecular formula is C34H38N6O3. The zero-order valence-electron chi connectivity index (χ0n) is 25.3. The molecule has 0 atom stereocenters. The van der Waals surface area contributed by atoms with E-state index in [9.17, 15) is 14.4 Å². The van der Waals surface area contributed by atoms with Gasteiger partial charge in [0.25, 0.3) is 17.4 Å². The molecule has 9 heteroatoms. The number of nitrogens with zero attached hydrogens (tertiary/aromatic N) is 3. The van der Waals surface area contributed by atoms with Crippen molar-refractivity contribution in [3.05, 3.63) is 106 Å². The van der Waals surface area contributed by atoms with Gasteiger partial charge in [-0.05, 0) is 65.9 Å². The summed E-state index contributed by atoms with van der Waals surface area (Å²) in [6.07, 6.45) is 1.68. The molecule has 3 aromatic carbocycles. The van der Waals surface area contributed by atoms with Crippen LogP contribution in [0.2, 0.25) is 0 Å². The van der Waals surface area contributed by atoms with E-state index in [1.165, 1.54) is 4.57 Å². The summed E-state index contributed by atoms with van der Waals surface area (Å²) < 4.78 is 1.48. The largest absolute Gasteiger partial charge is 0.336 e. The number of aryl methyl sites for hydroxylation is 1. The molecule has 222 valence electrons. The fourth-order valence-electron chi connectivity index (χ4n) is 5.07. The van der Waals surface area contributed by atoms with Crippen LogP contribution in [0.5, 0.6) is 0 Å². The standard InChI is InChI=1S/C34H38N6O3/c1-22-27(10-7-11-28(22)38-31(41)24-8-6-9-25(20-24)34(2,3)4)29-21-39(5)33(43)30(37-29)36-26-14-12-23(13-15-26)32(42)40-18-16-35-17-19-40/h6-15,20-21,35H,16-19H2,1-5H3,(H,36,37)(H,38,41). The number of piperazine rings is 1. The highest BCUT2D eigenvalue weighted by molar-refractivity contribution is 6.05. The van der Waals surface area contributed by atoms with Crippen molar-refractivity contribution in [2.24, 2.45) is 7.05 Å². The van der Waals surface area contributed by atoms with Gasteiger partial charge in [0.1, 0.15) is 0 Å². The fraction of sp³-hybridized carbons (Fsp3) is 0.294. The lowest BCUT2D eigenvalue weighted by atomic mass is 9.86. The number of hydrogen-bond donors (Lipinski definition) is 3. The lowest BCUT2D eigenvalue weighted by molar-refractivity contribution is 0.0735. The normalized spacial score (nSPS) is 13.5. The molecular weight excluding hydrogens is 540 g/mol. The Bertz CT molecular complexity index is 1710. The van der Waals surface area contributed by atoms with E-state index >= 15 is 0 Å². The lowest BCUT2D eigenvalue weighted by Crippen LogP contribution is -2.46. The van der Waals surface area contributed by atoms with Crippen LogP contribution in [0, 0.1) is 6.92 Å². The van der Waals surface area contributed by atoms with Gasteiger partial charge < -0.3 is 25.4 Å². The second kappa shape index (κ2) is 12.2. The average molecular weight is 579 g/mol. The minimum absolute atomic E-state index is 0.00607. The number of amides is 2. The number of nitrogens with one attached hydrogen (secondary N) is 3. The molecule has 0 aliphatic carbocycles. The lowest BCUT2D eigenvalue weighted by Gasteiger charge is -2.27. The molecule has 1 aliphatic heterocycles. The van der Waals surface area contributed by atoms with Crippen molar-refractivity contribution < 1.29 is 9.59 Å². The van der Waals surface area contributed by atoms with Crippen LogP contribution in [0.1, 0.15) is 52.6 Å². The predicted octanol–water partition coefficient (Wildman–Crippen LogP) is 5.09. The smallest absolute Gasteiger partial charge is 0.293 e. The van der Waals surface area contributed by atoms with Crippen LogP contribution in [0.3, 0.4) is 0 Å². The molecule has 1 saturated heterocycles. The zero-order chi connectivity index (χ0) is 30.7. The molecule has 1 aromatic heterocycles. The molecule has 3 N–H and O–H groups in total. The van der Waals surface area contributed by atoms with Crippen LogP contribution in [-0.2, 0) is 12.5 Å². The SMILES string of the molecule is Cc1c(NC(=O)c2cccc(C(C)(C)C)c2)cccc1-c1cn(C)c(=O)c(Nc2ccc(C(=O)N3CCNCC3)cc2)n1. The molecule has 2 amide bonds. The number of rotatable bonds is 6. The highest BCUT2D eigenvalue weighted by atomic mass is 16.2. The van der Waals surface area contributed by atoms with Crippen LogP contribution in [0.25, 0.3) is 11.3 Å². The Hall–Kier alpha value is -4.76. The molecule has 0 saturated carbocycles. The summed E-state index contributed by atoms with van der Waals surface area (Å²) in [6, 6.07) is 20.4. The minimum Gasteiger partial charge on any atom is -0.336 e. The number of anilines is 3. The Kier molecular flexibility index (Phi) is 8.45. The van der Waals surface area contributed by atoms with Gasteiger partial charge in [-0.3, -0.25) is 14.4 Å². The van der Waals surface area contributed by atoms with Gasteiger partial charge in [0.2, 0.25) is 0 Å². The van der Waals surface area contributed by atoms with Crippen molar-refractivity contribution in [3.63, 3.8) is 0 Å². The molecule has 4 aromatic rings. The molecule has 0 radical (unpaired) electrons. The third-order valence-corrected chi connectivity index (χ3v) is 7.72. The molecule has 0 spiro atoms. The van der Waals surface area contributed by atoms with E-state index in [0.29, 0.717) is 41.3 Å². The zero-order valence-corrected chi connectivity index (χ0v) is 25.3. The van der Waals surface area contributed by atoms with E-state index in [0.717, 1.165) is 29.8 Å². The molecule has 0 unspecified atom stereocenters. The van der Waals surface area contributed by atoms with Crippen LogP contribution in [-0.4, -0.2) is 52.4 Å². The number of benzene rings is 3. The van der Waals surface area contributed by atoms with Crippen molar-refractivity contribution >= 4 is 29.0 Å². The van der Waals surface area contributed by atoms with Gasteiger partial charge in [-0.25, -0.2) is 4.98 Å². The average Bonchev–Trinajstić information content (AvgIpc) is 3.00. The highest BCUT2D eigenvalue weighted by Gasteiger charge is 2.19. The van der Waals surface area contributed by atoms with E-state index in [1.807, 2.05) is 54.3 Å². The number of hydrogen-bond acceptors (Lipinski definition) is 6. The predicted molar refractivity (Wildman–Crippen MR) is 171 cm³/mol. The summed E-state index contributed by atoms with van der Waals surface area (Å²) in [4.78, 5) is 45.5. The van der Waals surface area contributed by atoms with Crippen molar-refractivity contribution in [1.29, 1.82) is 0 Å². The Morgan fingerprint density at radius 3 is 2.33 bits per heavy atom. The maximum atomic E-state index is 13.2. The van der Waals surface area contributed by atoms with Gasteiger partial charge in [-0.1, -0.05) is 45.0 Å². The Labute approximate surface area is 252 Å². The fourth-order valence-corrected chi connectivity index (χ4v) is 5.07. The number of carbonyl (C=O) groups excluding carboxylic acids is 2. The summed E-state index contributed by atoms with van der Waals surface area (Å²) in [5.41, 5.74) is 5.42. The Morgan fingerprint density at radius 1 is 0.930 bits per heavy atom. The monoisotopic (exact) mass is 578 g/mol. The van der Waals surface area contributed by atoms with Gasteiger partial charge in [-0.15, -0.1) is 0 Å². The molecule has 5 rings (SSSR count). The second-order valence-electron chi connectivity index (χ2n) is 11.9. The molecule has 43 heavy (non-hydrogen) atoms. The van der Waals surface area contributed by atoms with Gasteiger partial charge in [0, 0.05) is 67.5 Å². The van der Waals surface area contributed by atoms with E-state index < -0.39 is 0 Å². The third-order valence-electron chi connectivity index (χ3n) is 7.72. The van der Waals surface area contributed by atoms with Crippen LogP contribution in [0.4, 0.5) is 17.2 Å². The van der Waals surface area contributed by atoms with E-state index in [1.54, 1.807) is 37.5 Å². The van der Waals surface area contributed by atoms with Gasteiger partial charge in [-0.2, -0.15) is 0 Å². The molecule has 9 nitrogen and oxygen atoms in total. The first-order valence-electron chi connectivity index (χ1n) is 14.5. The summed E-state index contributed by atoms with van der Waals surface area (Å²) >= 11 is 0. The van der Waals surface area contributed by atoms with Crippen molar-refractivity contribution in [2.75, 3.05) is 36.8 Å². The maximum absolute atomic E-state index is 13.2. The van der Waals surface area contributed by atoms with Gasteiger partial charge in [0.15, 0.2) is 5.82 Å². The first-order valence-corrected chi connectivity index (χ1v) is 14.5. The third kappa shape index (κ3) is 6.67. The first kappa shape index (κ1) is 29.7. The molecule has 1 fully saturated rings. The van der Waals surface area contributed by atoms with Crippen molar-refractivity contribution in [1.82, 2.24) is 19.8 Å². The topological polar surface area (TPSA) is 108 Å². The molecule has 2 heterocycles. The van der Waals surface area contributed by atoms with Gasteiger partial charge >= 0.3 is 0 Å². The second-order valence-corrected chi connectivity index (χ2v) is 11.9. The summed E-state index contributed by atoms with van der Waals surface area (Å²) in [5.74, 6) is -0.0385. The summed E-state index contributed by atoms with van der Waals surface area (Å²) in [6.45, 7) is 11.2. The van der Waals surface area contributed by atoms with Gasteiger partial charge in [0.05, 0.1) is 5.69 Å². The first-order chi connectivity index (χ1) is 20.5. The summed E-state index contributed by atoms with van der Waals surface area (Å²) in [5, 5.41) is 9.42. The van der Waals surface area contributed by atoms with Crippen LogP contribution in [0.15, 0.2) is 77.7 Å². The maximum Gasteiger partial charge on any atom is 0.293 e. The van der Waals surface area contributed by atoms with Crippen molar-refractivity contribution in [3.8, 4) is 11.3 Å². The Morgan fingerprint density at radius 2 is 1.63 bits per heavy atom. The summed E-state index contributed by atoms with van der Waals surface area (Å²) in [7, 11) is 1.68. The van der Waals surface area contributed by atoms with Crippen LogP contribution >= 0.6 is 0 Å². The van der Waals surface area contributed by atoms with E-state index in [4.69, 9.17) is 0 Å². The molecule has 0 bridgehead atoms. The molecule has 1 aliphatic rings. The minimum atomic E-state index is -0.287. The quantitative estimate of drug-likeness (QED) is 0.294. The van der Waals surface area contributed by atoms with E-state index in [2.05, 4.69) is 41.7 Å². The number of carbonyl (C=O) groups is 2. The highest BCUT2D eigenvalue weighted by Crippen LogP contribution is 2.29. The van der Waals surface area contributed by atoms with E-state index in [-0.39, 0.29) is 28.6 Å². The Balaban J connectivity index is 1.37. The van der Waals surface area contributed by atoms with Crippen LogP contribution < -0.4 is 21.5 Å². The van der Waals surface area contributed by atoms with Crippen molar-refractivity contribution in [2.45, 2.75) is 33.1 Å².